The number of aryl methyl sites for hydroxylation is 1. The van der Waals surface area contributed by atoms with Crippen molar-refractivity contribution in [3.05, 3.63) is 16.1 Å². The van der Waals surface area contributed by atoms with E-state index in [1.54, 1.807) is 19.2 Å². The number of rotatable bonds is 3. The van der Waals surface area contributed by atoms with Crippen molar-refractivity contribution in [3.63, 3.8) is 0 Å². The molecule has 0 fully saturated rings. The Morgan fingerprint density at radius 3 is 2.86 bits per heavy atom. The molecule has 1 aromatic rings. The zero-order valence-electron chi connectivity index (χ0n) is 8.40. The van der Waals surface area contributed by atoms with Gasteiger partial charge in [-0.25, -0.2) is 9.78 Å². The molecule has 4 nitrogen and oxygen atoms in total. The lowest BCUT2D eigenvalue weighted by atomic mass is 10.1. The summed E-state index contributed by atoms with van der Waals surface area (Å²) in [6.07, 6.45) is 0. The molecule has 1 rings (SSSR count). The zero-order chi connectivity index (χ0) is 10.8. The Kier molecular flexibility index (Phi) is 3.23. The summed E-state index contributed by atoms with van der Waals surface area (Å²) < 4.78 is 4.75. The number of ether oxygens (including phenoxy) is 1. The van der Waals surface area contributed by atoms with Gasteiger partial charge in [0.1, 0.15) is 5.01 Å². The number of carbonyl (C=O) groups is 1. The van der Waals surface area contributed by atoms with Gasteiger partial charge in [0.25, 0.3) is 0 Å². The molecule has 0 aliphatic carbocycles. The topological polar surface area (TPSA) is 59.4 Å². The number of nitrogens with zero attached hydrogens (tertiary/aromatic N) is 1. The van der Waals surface area contributed by atoms with Gasteiger partial charge >= 0.3 is 5.97 Å². The highest BCUT2D eigenvalue weighted by molar-refractivity contribution is 7.10. The average Bonchev–Trinajstić information content (AvgIpc) is 2.52. The predicted molar refractivity (Wildman–Crippen MR) is 53.1 cm³/mol. The highest BCUT2D eigenvalue weighted by Crippen LogP contribution is 2.25. The second-order valence-corrected chi connectivity index (χ2v) is 3.94. The molecule has 0 saturated heterocycles. The van der Waals surface area contributed by atoms with Crippen molar-refractivity contribution >= 4 is 17.3 Å². The molecule has 14 heavy (non-hydrogen) atoms. The van der Waals surface area contributed by atoms with E-state index in [-0.39, 0.29) is 6.61 Å². The van der Waals surface area contributed by atoms with Crippen LogP contribution in [0.25, 0.3) is 0 Å². The standard InChI is InChI=1S/C9H13NO3S/c1-4-13-8(11)9(3,12)7-10-6(2)5-14-7/h5,12H,4H2,1-3H3. The summed E-state index contributed by atoms with van der Waals surface area (Å²) in [5.41, 5.74) is -0.843. The first-order chi connectivity index (χ1) is 6.48. The largest absolute Gasteiger partial charge is 0.464 e. The van der Waals surface area contributed by atoms with Gasteiger partial charge in [0, 0.05) is 11.1 Å². The quantitative estimate of drug-likeness (QED) is 0.770. The lowest BCUT2D eigenvalue weighted by molar-refractivity contribution is -0.164. The fourth-order valence-electron chi connectivity index (χ4n) is 0.936. The van der Waals surface area contributed by atoms with E-state index in [4.69, 9.17) is 4.74 Å². The molecule has 78 valence electrons. The van der Waals surface area contributed by atoms with Gasteiger partial charge in [0.2, 0.25) is 5.60 Å². The monoisotopic (exact) mass is 215 g/mol. The Hall–Kier alpha value is -0.940. The maximum absolute atomic E-state index is 11.4. The summed E-state index contributed by atoms with van der Waals surface area (Å²) in [5.74, 6) is -0.658. The van der Waals surface area contributed by atoms with Crippen LogP contribution in [-0.4, -0.2) is 22.7 Å². The van der Waals surface area contributed by atoms with Crippen LogP contribution in [0.5, 0.6) is 0 Å². The Morgan fingerprint density at radius 2 is 2.43 bits per heavy atom. The van der Waals surface area contributed by atoms with Crippen LogP contribution >= 0.6 is 11.3 Å². The minimum atomic E-state index is -1.63. The van der Waals surface area contributed by atoms with E-state index < -0.39 is 11.6 Å². The lowest BCUT2D eigenvalue weighted by Gasteiger charge is -2.17. The van der Waals surface area contributed by atoms with Crippen molar-refractivity contribution in [2.24, 2.45) is 0 Å². The Bertz CT molecular complexity index is 333. The van der Waals surface area contributed by atoms with Gasteiger partial charge in [-0.2, -0.15) is 0 Å². The third-order valence-electron chi connectivity index (χ3n) is 1.71. The molecule has 1 unspecified atom stereocenters. The summed E-state index contributed by atoms with van der Waals surface area (Å²) in [7, 11) is 0. The summed E-state index contributed by atoms with van der Waals surface area (Å²) in [6, 6.07) is 0. The zero-order valence-corrected chi connectivity index (χ0v) is 9.22. The molecule has 1 aromatic heterocycles. The number of aromatic nitrogens is 1. The Morgan fingerprint density at radius 1 is 1.79 bits per heavy atom. The van der Waals surface area contributed by atoms with Gasteiger partial charge in [-0.3, -0.25) is 0 Å². The molecule has 0 aliphatic rings. The van der Waals surface area contributed by atoms with E-state index in [1.807, 2.05) is 0 Å². The van der Waals surface area contributed by atoms with E-state index in [0.29, 0.717) is 5.01 Å². The number of hydrogen-bond donors (Lipinski definition) is 1. The smallest absolute Gasteiger partial charge is 0.345 e. The molecule has 0 aromatic carbocycles. The molecule has 0 aliphatic heterocycles. The van der Waals surface area contributed by atoms with Gasteiger partial charge < -0.3 is 9.84 Å². The van der Waals surface area contributed by atoms with Crippen LogP contribution in [0.1, 0.15) is 24.5 Å². The summed E-state index contributed by atoms with van der Waals surface area (Å²) in [6.45, 7) is 5.14. The van der Waals surface area contributed by atoms with Crippen LogP contribution < -0.4 is 0 Å². The van der Waals surface area contributed by atoms with Crippen molar-refractivity contribution in [2.45, 2.75) is 26.4 Å². The molecule has 5 heteroatoms. The predicted octanol–water partition coefficient (Wildman–Crippen LogP) is 1.22. The minimum absolute atomic E-state index is 0.249. The molecule has 0 bridgehead atoms. The van der Waals surface area contributed by atoms with E-state index >= 15 is 0 Å². The van der Waals surface area contributed by atoms with Crippen LogP contribution in [0.15, 0.2) is 5.38 Å². The molecular formula is C9H13NO3S. The molecular weight excluding hydrogens is 202 g/mol. The molecule has 1 atom stereocenters. The van der Waals surface area contributed by atoms with Crippen molar-refractivity contribution in [3.8, 4) is 0 Å². The fraction of sp³-hybridized carbons (Fsp3) is 0.556. The first kappa shape index (κ1) is 11.1. The highest BCUT2D eigenvalue weighted by Gasteiger charge is 2.36. The van der Waals surface area contributed by atoms with Crippen molar-refractivity contribution < 1.29 is 14.6 Å². The van der Waals surface area contributed by atoms with Crippen LogP contribution in [-0.2, 0) is 15.1 Å². The van der Waals surface area contributed by atoms with Gasteiger partial charge in [-0.15, -0.1) is 11.3 Å². The first-order valence-electron chi connectivity index (χ1n) is 4.30. The van der Waals surface area contributed by atoms with Crippen molar-refractivity contribution in [2.75, 3.05) is 6.61 Å². The summed E-state index contributed by atoms with van der Waals surface area (Å²) >= 11 is 1.25. The van der Waals surface area contributed by atoms with E-state index in [2.05, 4.69) is 4.98 Å². The van der Waals surface area contributed by atoms with Crippen LogP contribution in [0, 0.1) is 6.92 Å². The number of carbonyl (C=O) groups excluding carboxylic acids is 1. The average molecular weight is 215 g/mol. The summed E-state index contributed by atoms with van der Waals surface area (Å²) in [5, 5.41) is 12.0. The van der Waals surface area contributed by atoms with Crippen molar-refractivity contribution in [1.29, 1.82) is 0 Å². The number of hydrogen-bond acceptors (Lipinski definition) is 5. The highest BCUT2D eigenvalue weighted by atomic mass is 32.1. The molecule has 0 saturated carbocycles. The van der Waals surface area contributed by atoms with Gasteiger partial charge in [-0.05, 0) is 20.8 Å². The van der Waals surface area contributed by atoms with Gasteiger partial charge in [0.05, 0.1) is 6.61 Å². The van der Waals surface area contributed by atoms with Gasteiger partial charge in [-0.1, -0.05) is 0 Å². The number of aliphatic hydroxyl groups is 1. The van der Waals surface area contributed by atoms with Crippen LogP contribution in [0.4, 0.5) is 0 Å². The number of thiazole rings is 1. The maximum atomic E-state index is 11.4. The maximum Gasteiger partial charge on any atom is 0.345 e. The third-order valence-corrected chi connectivity index (χ3v) is 2.88. The van der Waals surface area contributed by atoms with Crippen LogP contribution in [0.2, 0.25) is 0 Å². The normalized spacial score (nSPS) is 14.9. The fourth-order valence-corrected chi connectivity index (χ4v) is 1.78. The van der Waals surface area contributed by atoms with Crippen LogP contribution in [0.3, 0.4) is 0 Å². The molecule has 0 spiro atoms. The van der Waals surface area contributed by atoms with E-state index in [9.17, 15) is 9.90 Å². The molecule has 0 amide bonds. The Balaban J connectivity index is 2.89. The van der Waals surface area contributed by atoms with Crippen molar-refractivity contribution in [1.82, 2.24) is 4.98 Å². The lowest BCUT2D eigenvalue weighted by Crippen LogP contribution is -2.34. The minimum Gasteiger partial charge on any atom is -0.464 e. The van der Waals surface area contributed by atoms with E-state index in [0.717, 1.165) is 5.69 Å². The van der Waals surface area contributed by atoms with E-state index in [1.165, 1.54) is 18.3 Å². The summed E-state index contributed by atoms with van der Waals surface area (Å²) in [4.78, 5) is 15.4. The second-order valence-electron chi connectivity index (χ2n) is 3.09. The Labute approximate surface area is 86.6 Å². The first-order valence-corrected chi connectivity index (χ1v) is 5.18. The second kappa shape index (κ2) is 4.06. The molecule has 1 N–H and O–H groups in total. The van der Waals surface area contributed by atoms with Gasteiger partial charge in [0.15, 0.2) is 0 Å². The molecule has 0 radical (unpaired) electrons. The number of esters is 1. The molecule has 1 heterocycles. The SMILES string of the molecule is CCOC(=O)C(C)(O)c1nc(C)cs1. The third kappa shape index (κ3) is 2.10.